The summed E-state index contributed by atoms with van der Waals surface area (Å²) in [7, 11) is 1.37. The predicted octanol–water partition coefficient (Wildman–Crippen LogP) is 3.12. The highest BCUT2D eigenvalue weighted by molar-refractivity contribution is 6.07. The molecule has 0 fully saturated rings. The summed E-state index contributed by atoms with van der Waals surface area (Å²) in [5.74, 6) is -4.16. The Bertz CT molecular complexity index is 768. The summed E-state index contributed by atoms with van der Waals surface area (Å²) in [5.41, 5.74) is 0.636. The van der Waals surface area contributed by atoms with Crippen LogP contribution in [0.4, 0.5) is 0 Å². The van der Waals surface area contributed by atoms with Crippen molar-refractivity contribution < 1.29 is 38.9 Å². The average Bonchev–Trinajstić information content (AvgIpc) is 2.76. The lowest BCUT2D eigenvalue weighted by Crippen LogP contribution is -2.37. The quantitative estimate of drug-likeness (QED) is 0.317. The Morgan fingerprint density at radius 3 is 2.45 bits per heavy atom. The monoisotopic (exact) mass is 466 g/mol. The minimum absolute atomic E-state index is 0.0958. The number of esters is 1. The molecule has 33 heavy (non-hydrogen) atoms. The molecule has 0 bridgehead atoms. The SMILES string of the molecule is CO[C@H](CC(=O)O)[C@@H](C)C(=O)[C@H](C)/C=C(\C)[C@H]1OC(=O)[C@H](O)C(=O)/C=C/[C@H](C)CCC[C@@H]1C. The van der Waals surface area contributed by atoms with Crippen LogP contribution in [0.25, 0.3) is 0 Å². The number of carboxylic acid groups (broad SMARTS) is 1. The first-order valence-corrected chi connectivity index (χ1v) is 11.5. The second-order valence-electron chi connectivity index (χ2n) is 9.17. The maximum absolute atomic E-state index is 12.9. The Morgan fingerprint density at radius 2 is 1.88 bits per heavy atom. The molecule has 1 heterocycles. The van der Waals surface area contributed by atoms with E-state index < -0.39 is 47.9 Å². The normalized spacial score (nSPS) is 29.1. The first kappa shape index (κ1) is 28.7. The lowest BCUT2D eigenvalue weighted by atomic mass is 9.86. The summed E-state index contributed by atoms with van der Waals surface area (Å²) < 4.78 is 10.7. The third-order valence-electron chi connectivity index (χ3n) is 6.26. The maximum atomic E-state index is 12.9. The number of hydrogen-bond acceptors (Lipinski definition) is 7. The molecule has 1 aliphatic rings. The molecule has 186 valence electrons. The Labute approximate surface area is 196 Å². The number of rotatable bonds is 8. The van der Waals surface area contributed by atoms with Crippen molar-refractivity contribution in [1.82, 2.24) is 0 Å². The fraction of sp³-hybridized carbons (Fsp3) is 0.680. The molecule has 0 unspecified atom stereocenters. The molecule has 0 aromatic heterocycles. The van der Waals surface area contributed by atoms with Crippen molar-refractivity contribution in [3.63, 3.8) is 0 Å². The zero-order chi connectivity index (χ0) is 25.3. The number of Topliss-reactive ketones (excluding diaryl/α,β-unsaturated/α-hetero) is 1. The molecule has 0 saturated heterocycles. The number of ketones is 2. The number of aliphatic hydroxyl groups is 1. The van der Waals surface area contributed by atoms with Gasteiger partial charge in [0.15, 0.2) is 5.78 Å². The van der Waals surface area contributed by atoms with Crippen LogP contribution < -0.4 is 0 Å². The van der Waals surface area contributed by atoms with Crippen molar-refractivity contribution >= 4 is 23.5 Å². The summed E-state index contributed by atoms with van der Waals surface area (Å²) in [4.78, 5) is 48.5. The van der Waals surface area contributed by atoms with Crippen molar-refractivity contribution in [1.29, 1.82) is 0 Å². The highest BCUT2D eigenvalue weighted by Gasteiger charge is 2.32. The van der Waals surface area contributed by atoms with Crippen LogP contribution in [0.1, 0.15) is 60.3 Å². The van der Waals surface area contributed by atoms with Crippen LogP contribution in [0.15, 0.2) is 23.8 Å². The van der Waals surface area contributed by atoms with E-state index in [1.165, 1.54) is 13.2 Å². The summed E-state index contributed by atoms with van der Waals surface area (Å²) in [6.07, 6.45) is 3.45. The second-order valence-corrected chi connectivity index (χ2v) is 9.17. The van der Waals surface area contributed by atoms with Crippen LogP contribution in [-0.2, 0) is 28.7 Å². The molecule has 2 N–H and O–H groups in total. The van der Waals surface area contributed by atoms with Gasteiger partial charge in [0.1, 0.15) is 11.9 Å². The number of carbonyl (C=O) groups is 4. The summed E-state index contributed by atoms with van der Waals surface area (Å²) in [6.45, 7) is 8.98. The minimum atomic E-state index is -1.90. The van der Waals surface area contributed by atoms with Gasteiger partial charge in [0.05, 0.1) is 12.5 Å². The van der Waals surface area contributed by atoms with Crippen LogP contribution in [0.5, 0.6) is 0 Å². The Kier molecular flexibility index (Phi) is 11.7. The van der Waals surface area contributed by atoms with Crippen LogP contribution >= 0.6 is 0 Å². The van der Waals surface area contributed by atoms with Crippen LogP contribution in [0.2, 0.25) is 0 Å². The van der Waals surface area contributed by atoms with Crippen molar-refractivity contribution in [2.45, 2.75) is 78.6 Å². The molecule has 7 atom stereocenters. The number of carboxylic acids is 1. The van der Waals surface area contributed by atoms with E-state index in [1.807, 2.05) is 13.8 Å². The Hall–Kier alpha value is -2.32. The number of allylic oxidation sites excluding steroid dienone is 2. The molecular weight excluding hydrogens is 428 g/mol. The summed E-state index contributed by atoms with van der Waals surface area (Å²) in [5, 5.41) is 19.1. The smallest absolute Gasteiger partial charge is 0.343 e. The third-order valence-corrected chi connectivity index (χ3v) is 6.26. The minimum Gasteiger partial charge on any atom is -0.481 e. The van der Waals surface area contributed by atoms with Crippen molar-refractivity contribution in [3.8, 4) is 0 Å². The number of ether oxygens (including phenoxy) is 2. The molecule has 0 aromatic rings. The molecule has 0 spiro atoms. The fourth-order valence-corrected chi connectivity index (χ4v) is 4.13. The van der Waals surface area contributed by atoms with Gasteiger partial charge in [-0.15, -0.1) is 0 Å². The molecule has 0 aliphatic carbocycles. The Morgan fingerprint density at radius 1 is 1.24 bits per heavy atom. The predicted molar refractivity (Wildman–Crippen MR) is 122 cm³/mol. The van der Waals surface area contributed by atoms with Gasteiger partial charge in [-0.2, -0.15) is 0 Å². The van der Waals surface area contributed by atoms with Crippen LogP contribution in [0.3, 0.4) is 0 Å². The van der Waals surface area contributed by atoms with Gasteiger partial charge < -0.3 is 19.7 Å². The standard InChI is InChI=1S/C25H38O8/c1-14-8-7-9-15(2)24(33-25(31)23(30)19(26)11-10-14)17(4)12-16(3)22(29)18(5)20(32-6)13-21(27)28/h10-12,14-16,18,20,23-24,30H,7-9,13H2,1-6H3,(H,27,28)/b11-10+,17-12+/t14-,15+,16-,18-,20-,23-,24+/m1/s1. The van der Waals surface area contributed by atoms with Gasteiger partial charge in [-0.1, -0.05) is 46.3 Å². The molecule has 0 radical (unpaired) electrons. The van der Waals surface area contributed by atoms with Gasteiger partial charge >= 0.3 is 11.9 Å². The van der Waals surface area contributed by atoms with E-state index in [0.29, 0.717) is 5.57 Å². The molecule has 8 nitrogen and oxygen atoms in total. The largest absolute Gasteiger partial charge is 0.481 e. The molecule has 0 aromatic carbocycles. The zero-order valence-electron chi connectivity index (χ0n) is 20.4. The number of carbonyl (C=O) groups excluding carboxylic acids is 3. The first-order chi connectivity index (χ1) is 15.4. The van der Waals surface area contributed by atoms with Gasteiger partial charge in [-0.25, -0.2) is 4.79 Å². The van der Waals surface area contributed by atoms with Gasteiger partial charge in [0.25, 0.3) is 0 Å². The lowest BCUT2D eigenvalue weighted by Gasteiger charge is -2.28. The van der Waals surface area contributed by atoms with Crippen molar-refractivity contribution in [3.05, 3.63) is 23.8 Å². The molecule has 0 saturated carbocycles. The van der Waals surface area contributed by atoms with E-state index in [0.717, 1.165) is 19.3 Å². The van der Waals surface area contributed by atoms with E-state index in [-0.39, 0.29) is 24.0 Å². The molecule has 0 amide bonds. The molecule has 8 heteroatoms. The Balaban J connectivity index is 3.10. The maximum Gasteiger partial charge on any atom is 0.343 e. The van der Waals surface area contributed by atoms with Crippen LogP contribution in [-0.4, -0.2) is 59.1 Å². The molecular formula is C25H38O8. The average molecular weight is 467 g/mol. The molecule has 1 aliphatic heterocycles. The van der Waals surface area contributed by atoms with E-state index >= 15 is 0 Å². The van der Waals surface area contributed by atoms with E-state index in [4.69, 9.17) is 14.6 Å². The lowest BCUT2D eigenvalue weighted by molar-refractivity contribution is -0.161. The van der Waals surface area contributed by atoms with Gasteiger partial charge in [-0.3, -0.25) is 14.4 Å². The number of aliphatic carboxylic acids is 1. The number of aliphatic hydroxyl groups excluding tert-OH is 1. The topological polar surface area (TPSA) is 127 Å². The van der Waals surface area contributed by atoms with E-state index in [2.05, 4.69) is 0 Å². The summed E-state index contributed by atoms with van der Waals surface area (Å²) in [6, 6.07) is 0. The zero-order valence-corrected chi connectivity index (χ0v) is 20.4. The van der Waals surface area contributed by atoms with Crippen molar-refractivity contribution in [2.75, 3.05) is 7.11 Å². The van der Waals surface area contributed by atoms with Crippen LogP contribution in [0, 0.1) is 23.7 Å². The van der Waals surface area contributed by atoms with Crippen molar-refractivity contribution in [2.24, 2.45) is 23.7 Å². The van der Waals surface area contributed by atoms with E-state index in [9.17, 15) is 24.3 Å². The van der Waals surface area contributed by atoms with Gasteiger partial charge in [0, 0.05) is 18.9 Å². The highest BCUT2D eigenvalue weighted by Crippen LogP contribution is 2.26. The number of hydrogen-bond donors (Lipinski definition) is 2. The van der Waals surface area contributed by atoms with Gasteiger partial charge in [0.2, 0.25) is 6.10 Å². The van der Waals surface area contributed by atoms with E-state index in [1.54, 1.807) is 32.9 Å². The molecule has 1 rings (SSSR count). The second kappa shape index (κ2) is 13.4. The fourth-order valence-electron chi connectivity index (χ4n) is 4.13. The number of cyclic esters (lactones) is 1. The highest BCUT2D eigenvalue weighted by atomic mass is 16.6. The number of methoxy groups -OCH3 is 1. The van der Waals surface area contributed by atoms with Gasteiger partial charge in [-0.05, 0) is 43.3 Å². The first-order valence-electron chi connectivity index (χ1n) is 11.5. The summed E-state index contributed by atoms with van der Waals surface area (Å²) >= 11 is 0. The third kappa shape index (κ3) is 8.85.